The molecular weight excluding hydrogens is 309 g/mol. The number of piperazine rings is 1. The Morgan fingerprint density at radius 3 is 2.38 bits per heavy atom. The minimum absolute atomic E-state index is 0.154. The molecule has 24 heavy (non-hydrogen) atoms. The van der Waals surface area contributed by atoms with Crippen LogP contribution in [0.2, 0.25) is 0 Å². The fourth-order valence-corrected chi connectivity index (χ4v) is 3.31. The Hall–Kier alpha value is -1.66. The molecule has 1 N–H and O–H groups in total. The first-order valence-corrected chi connectivity index (χ1v) is 8.80. The fourth-order valence-electron chi connectivity index (χ4n) is 3.31. The molecule has 1 saturated carbocycles. The maximum atomic E-state index is 13.0. The highest BCUT2D eigenvalue weighted by Gasteiger charge is 2.29. The van der Waals surface area contributed by atoms with Crippen molar-refractivity contribution in [1.82, 2.24) is 9.80 Å². The molecule has 3 rings (SSSR count). The Labute approximate surface area is 142 Å². The Kier molecular flexibility index (Phi) is 5.68. The van der Waals surface area contributed by atoms with Crippen LogP contribution in [-0.2, 0) is 4.79 Å². The predicted molar refractivity (Wildman–Crippen MR) is 91.5 cm³/mol. The topological polar surface area (TPSA) is 47.0 Å². The van der Waals surface area contributed by atoms with Crippen LogP contribution in [0, 0.1) is 5.82 Å². The molecule has 1 aliphatic carbocycles. The Bertz CT molecular complexity index is 540. The van der Waals surface area contributed by atoms with Crippen LogP contribution in [0.15, 0.2) is 24.3 Å². The van der Waals surface area contributed by atoms with Crippen molar-refractivity contribution in [2.75, 3.05) is 50.8 Å². The number of benzene rings is 1. The quantitative estimate of drug-likeness (QED) is 0.816. The lowest BCUT2D eigenvalue weighted by Crippen LogP contribution is -2.49. The summed E-state index contributed by atoms with van der Waals surface area (Å²) in [5, 5.41) is 9.12. The van der Waals surface area contributed by atoms with Gasteiger partial charge in [0.25, 0.3) is 0 Å². The van der Waals surface area contributed by atoms with E-state index in [-0.39, 0.29) is 18.3 Å². The number of anilines is 1. The van der Waals surface area contributed by atoms with Gasteiger partial charge in [-0.2, -0.15) is 0 Å². The molecule has 1 heterocycles. The molecule has 132 valence electrons. The van der Waals surface area contributed by atoms with Gasteiger partial charge in [-0.3, -0.25) is 9.69 Å². The van der Waals surface area contributed by atoms with Gasteiger partial charge < -0.3 is 14.9 Å². The van der Waals surface area contributed by atoms with Gasteiger partial charge in [0.05, 0.1) is 6.61 Å². The molecule has 1 saturated heterocycles. The van der Waals surface area contributed by atoms with Crippen molar-refractivity contribution in [3.8, 4) is 0 Å². The molecule has 0 spiro atoms. The summed E-state index contributed by atoms with van der Waals surface area (Å²) >= 11 is 0. The molecule has 0 bridgehead atoms. The highest BCUT2D eigenvalue weighted by Crippen LogP contribution is 2.26. The van der Waals surface area contributed by atoms with Gasteiger partial charge in [0.15, 0.2) is 0 Å². The number of rotatable bonds is 7. The third-order valence-electron chi connectivity index (χ3n) is 4.89. The molecule has 2 fully saturated rings. The number of carbonyl (C=O) groups excluding carboxylic acids is 1. The standard InChI is InChI=1S/C18H26FN3O2/c19-15-1-3-16(4-2-15)21-9-11-22(12-10-21)18(24)7-8-20(13-14-23)17-5-6-17/h1-4,17,23H,5-14H2. The Morgan fingerprint density at radius 2 is 1.79 bits per heavy atom. The van der Waals surface area contributed by atoms with Crippen LogP contribution < -0.4 is 4.90 Å². The summed E-state index contributed by atoms with van der Waals surface area (Å²) in [7, 11) is 0. The predicted octanol–water partition coefficient (Wildman–Crippen LogP) is 1.32. The van der Waals surface area contributed by atoms with Crippen LogP contribution in [0.25, 0.3) is 0 Å². The number of aliphatic hydroxyl groups is 1. The number of aliphatic hydroxyl groups excluding tert-OH is 1. The first kappa shape index (κ1) is 17.2. The second-order valence-electron chi connectivity index (χ2n) is 6.59. The summed E-state index contributed by atoms with van der Waals surface area (Å²) < 4.78 is 13.0. The zero-order chi connectivity index (χ0) is 16.9. The van der Waals surface area contributed by atoms with Crippen molar-refractivity contribution < 1.29 is 14.3 Å². The average Bonchev–Trinajstić information content (AvgIpc) is 3.44. The van der Waals surface area contributed by atoms with Gasteiger partial charge in [-0.05, 0) is 37.1 Å². The second-order valence-corrected chi connectivity index (χ2v) is 6.59. The number of carbonyl (C=O) groups is 1. The van der Waals surface area contributed by atoms with Crippen LogP contribution in [0.4, 0.5) is 10.1 Å². The van der Waals surface area contributed by atoms with Gasteiger partial charge in [-0.15, -0.1) is 0 Å². The van der Waals surface area contributed by atoms with E-state index in [1.165, 1.54) is 25.0 Å². The van der Waals surface area contributed by atoms with E-state index < -0.39 is 0 Å². The lowest BCUT2D eigenvalue weighted by atomic mass is 10.2. The fraction of sp³-hybridized carbons (Fsp3) is 0.611. The maximum Gasteiger partial charge on any atom is 0.223 e. The number of nitrogens with zero attached hydrogens (tertiary/aromatic N) is 3. The summed E-state index contributed by atoms with van der Waals surface area (Å²) in [5.74, 6) is -0.0343. The molecule has 0 radical (unpaired) electrons. The number of amides is 1. The van der Waals surface area contributed by atoms with Crippen LogP contribution in [0.5, 0.6) is 0 Å². The maximum absolute atomic E-state index is 13.0. The third-order valence-corrected chi connectivity index (χ3v) is 4.89. The second kappa shape index (κ2) is 7.94. The highest BCUT2D eigenvalue weighted by molar-refractivity contribution is 5.76. The molecule has 0 aromatic heterocycles. The van der Waals surface area contributed by atoms with Crippen LogP contribution in [-0.4, -0.2) is 72.7 Å². The Morgan fingerprint density at radius 1 is 1.12 bits per heavy atom. The molecule has 0 unspecified atom stereocenters. The van der Waals surface area contributed by atoms with Crippen molar-refractivity contribution in [3.05, 3.63) is 30.1 Å². The molecular formula is C18H26FN3O2. The largest absolute Gasteiger partial charge is 0.395 e. The van der Waals surface area contributed by atoms with Crippen molar-refractivity contribution in [2.45, 2.75) is 25.3 Å². The third kappa shape index (κ3) is 4.45. The lowest BCUT2D eigenvalue weighted by Gasteiger charge is -2.36. The number of halogens is 1. The van der Waals surface area contributed by atoms with Crippen LogP contribution in [0.3, 0.4) is 0 Å². The van der Waals surface area contributed by atoms with Crippen molar-refractivity contribution in [2.24, 2.45) is 0 Å². The summed E-state index contributed by atoms with van der Waals surface area (Å²) in [5.41, 5.74) is 1.01. The van der Waals surface area contributed by atoms with E-state index in [0.717, 1.165) is 25.3 Å². The van der Waals surface area contributed by atoms with E-state index in [1.54, 1.807) is 12.1 Å². The van der Waals surface area contributed by atoms with E-state index in [9.17, 15) is 9.18 Å². The molecule has 6 heteroatoms. The van der Waals surface area contributed by atoms with Crippen molar-refractivity contribution in [3.63, 3.8) is 0 Å². The zero-order valence-corrected chi connectivity index (χ0v) is 14.0. The van der Waals surface area contributed by atoms with Crippen molar-refractivity contribution in [1.29, 1.82) is 0 Å². The molecule has 0 atom stereocenters. The molecule has 1 aromatic rings. The van der Waals surface area contributed by atoms with E-state index in [1.807, 2.05) is 4.90 Å². The summed E-state index contributed by atoms with van der Waals surface area (Å²) in [6.45, 7) is 4.53. The monoisotopic (exact) mass is 335 g/mol. The normalized spacial score (nSPS) is 18.3. The van der Waals surface area contributed by atoms with Gasteiger partial charge in [0, 0.05) is 57.4 Å². The summed E-state index contributed by atoms with van der Waals surface area (Å²) in [4.78, 5) is 18.7. The summed E-state index contributed by atoms with van der Waals surface area (Å²) in [6, 6.07) is 7.09. The first-order valence-electron chi connectivity index (χ1n) is 8.80. The van der Waals surface area contributed by atoms with Crippen LogP contribution in [0.1, 0.15) is 19.3 Å². The first-order chi connectivity index (χ1) is 11.7. The molecule has 1 aromatic carbocycles. The smallest absolute Gasteiger partial charge is 0.223 e. The van der Waals surface area contributed by atoms with Crippen molar-refractivity contribution >= 4 is 11.6 Å². The summed E-state index contributed by atoms with van der Waals surface area (Å²) in [6.07, 6.45) is 2.89. The molecule has 2 aliphatic rings. The van der Waals surface area contributed by atoms with Gasteiger partial charge in [-0.25, -0.2) is 4.39 Å². The van der Waals surface area contributed by atoms with Gasteiger partial charge in [-0.1, -0.05) is 0 Å². The molecule has 1 amide bonds. The van der Waals surface area contributed by atoms with Gasteiger partial charge in [0.1, 0.15) is 5.82 Å². The molecule has 1 aliphatic heterocycles. The van der Waals surface area contributed by atoms with E-state index in [2.05, 4.69) is 9.80 Å². The van der Waals surface area contributed by atoms with Gasteiger partial charge >= 0.3 is 0 Å². The minimum Gasteiger partial charge on any atom is -0.395 e. The van der Waals surface area contributed by atoms with E-state index >= 15 is 0 Å². The van der Waals surface area contributed by atoms with Gasteiger partial charge in [0.2, 0.25) is 5.91 Å². The highest BCUT2D eigenvalue weighted by atomic mass is 19.1. The number of hydrogen-bond donors (Lipinski definition) is 1. The Balaban J connectivity index is 1.43. The molecule has 5 nitrogen and oxygen atoms in total. The SMILES string of the molecule is O=C(CCN(CCO)C1CC1)N1CCN(c2ccc(F)cc2)CC1. The minimum atomic E-state index is -0.226. The zero-order valence-electron chi connectivity index (χ0n) is 14.0. The van der Waals surface area contributed by atoms with Crippen LogP contribution >= 0.6 is 0 Å². The average molecular weight is 335 g/mol. The van der Waals surface area contributed by atoms with E-state index in [4.69, 9.17) is 5.11 Å². The lowest BCUT2D eigenvalue weighted by molar-refractivity contribution is -0.131. The van der Waals surface area contributed by atoms with E-state index in [0.29, 0.717) is 32.1 Å². The number of hydrogen-bond acceptors (Lipinski definition) is 4.